The van der Waals surface area contributed by atoms with Gasteiger partial charge in [-0.25, -0.2) is 9.79 Å². The van der Waals surface area contributed by atoms with E-state index in [2.05, 4.69) is 36.9 Å². The Kier molecular flexibility index (Phi) is 9.68. The number of benzene rings is 3. The van der Waals surface area contributed by atoms with Gasteiger partial charge in [-0.05, 0) is 85.1 Å². The molecule has 3 aromatic carbocycles. The van der Waals surface area contributed by atoms with Crippen molar-refractivity contribution in [2.45, 2.75) is 46.4 Å². The highest BCUT2D eigenvalue weighted by Crippen LogP contribution is 2.35. The highest BCUT2D eigenvalue weighted by atomic mass is 79.9. The third-order valence-corrected chi connectivity index (χ3v) is 8.66. The molecule has 222 valence electrons. The fourth-order valence-corrected chi connectivity index (χ4v) is 7.23. The van der Waals surface area contributed by atoms with Crippen molar-refractivity contribution in [3.05, 3.63) is 123 Å². The number of esters is 1. The quantitative estimate of drug-likeness (QED) is 0.180. The van der Waals surface area contributed by atoms with Gasteiger partial charge in [0.2, 0.25) is 0 Å². The van der Waals surface area contributed by atoms with E-state index in [4.69, 9.17) is 14.2 Å². The van der Waals surface area contributed by atoms with E-state index < -0.39 is 12.0 Å². The van der Waals surface area contributed by atoms with Crippen molar-refractivity contribution in [3.8, 4) is 11.5 Å². The lowest BCUT2D eigenvalue weighted by Gasteiger charge is -2.25. The normalized spacial score (nSPS) is 14.9. The third kappa shape index (κ3) is 6.87. The van der Waals surface area contributed by atoms with Crippen molar-refractivity contribution in [2.24, 2.45) is 4.99 Å². The number of carbonyl (C=O) groups is 1. The first-order valence-electron chi connectivity index (χ1n) is 13.8. The van der Waals surface area contributed by atoms with Crippen LogP contribution in [0.1, 0.15) is 50.4 Å². The zero-order valence-electron chi connectivity index (χ0n) is 24.1. The number of ether oxygens (including phenoxy) is 3. The minimum atomic E-state index is -0.714. The SMILES string of the molecule is CCOC(=O)C1=C(C)N=c2s/c(=C\c3cc(Br)cc(Br)c3OCc3ccccc3)c(=O)n2[C@@H]1c1ccc(OC(C)C)cc1. The van der Waals surface area contributed by atoms with Crippen LogP contribution in [0.25, 0.3) is 6.08 Å². The zero-order valence-corrected chi connectivity index (χ0v) is 28.1. The number of thiazole rings is 1. The minimum Gasteiger partial charge on any atom is -0.491 e. The largest absolute Gasteiger partial charge is 0.491 e. The molecule has 0 saturated carbocycles. The van der Waals surface area contributed by atoms with E-state index in [9.17, 15) is 9.59 Å². The van der Waals surface area contributed by atoms with Crippen molar-refractivity contribution in [3.63, 3.8) is 0 Å². The van der Waals surface area contributed by atoms with E-state index in [0.29, 0.717) is 38.7 Å². The Morgan fingerprint density at radius 2 is 1.81 bits per heavy atom. The number of fused-ring (bicyclic) bond motifs is 1. The second-order valence-electron chi connectivity index (χ2n) is 10.1. The summed E-state index contributed by atoms with van der Waals surface area (Å²) in [6, 6.07) is 20.4. The Bertz CT molecular complexity index is 1860. The van der Waals surface area contributed by atoms with Crippen LogP contribution >= 0.6 is 43.2 Å². The number of rotatable bonds is 9. The van der Waals surface area contributed by atoms with Crippen LogP contribution in [0.15, 0.2) is 96.7 Å². The molecule has 0 aliphatic carbocycles. The van der Waals surface area contributed by atoms with Crippen molar-refractivity contribution < 1.29 is 19.0 Å². The van der Waals surface area contributed by atoms with E-state index in [1.165, 1.54) is 11.3 Å². The minimum absolute atomic E-state index is 0.0142. The molecule has 43 heavy (non-hydrogen) atoms. The number of hydrogen-bond acceptors (Lipinski definition) is 7. The van der Waals surface area contributed by atoms with Crippen LogP contribution in [0.4, 0.5) is 0 Å². The van der Waals surface area contributed by atoms with Crippen molar-refractivity contribution in [2.75, 3.05) is 6.61 Å². The zero-order chi connectivity index (χ0) is 30.7. The molecule has 5 rings (SSSR count). The van der Waals surface area contributed by atoms with Crippen LogP contribution in [-0.2, 0) is 16.1 Å². The standard InChI is InChI=1S/C33H30Br2N2O5S/c1-5-40-32(39)28-20(4)36-33-37(29(28)22-11-13-25(14-12-22)42-19(2)3)31(38)27(43-33)16-23-15-24(34)17-26(35)30(23)41-18-21-9-7-6-8-10-21/h6-17,19,29H,5,18H2,1-4H3/b27-16-/t29-/m1/s1. The lowest BCUT2D eigenvalue weighted by molar-refractivity contribution is -0.139. The van der Waals surface area contributed by atoms with Crippen LogP contribution in [0, 0.1) is 0 Å². The van der Waals surface area contributed by atoms with Gasteiger partial charge in [-0.2, -0.15) is 0 Å². The average molecular weight is 726 g/mol. The van der Waals surface area contributed by atoms with Gasteiger partial charge < -0.3 is 14.2 Å². The summed E-state index contributed by atoms with van der Waals surface area (Å²) < 4.78 is 21.1. The second kappa shape index (κ2) is 13.4. The fourth-order valence-electron chi connectivity index (χ4n) is 4.82. The summed E-state index contributed by atoms with van der Waals surface area (Å²) in [4.78, 5) is 32.5. The van der Waals surface area contributed by atoms with Gasteiger partial charge in [0.15, 0.2) is 4.80 Å². The molecule has 0 amide bonds. The van der Waals surface area contributed by atoms with E-state index in [-0.39, 0.29) is 18.3 Å². The molecule has 0 unspecified atom stereocenters. The van der Waals surface area contributed by atoms with Gasteiger partial charge in [-0.3, -0.25) is 9.36 Å². The van der Waals surface area contributed by atoms with Crippen LogP contribution in [0.3, 0.4) is 0 Å². The van der Waals surface area contributed by atoms with Crippen LogP contribution in [0.5, 0.6) is 11.5 Å². The molecule has 2 heterocycles. The summed E-state index contributed by atoms with van der Waals surface area (Å²) in [6.45, 7) is 8.01. The number of carbonyl (C=O) groups excluding carboxylic acids is 1. The molecule has 1 aromatic heterocycles. The molecule has 7 nitrogen and oxygen atoms in total. The maximum absolute atomic E-state index is 14.1. The number of hydrogen-bond donors (Lipinski definition) is 0. The first kappa shape index (κ1) is 31.0. The summed E-state index contributed by atoms with van der Waals surface area (Å²) in [5.74, 6) is 0.810. The van der Waals surface area contributed by atoms with Gasteiger partial charge in [-0.1, -0.05) is 69.7 Å². The van der Waals surface area contributed by atoms with Gasteiger partial charge >= 0.3 is 5.97 Å². The Morgan fingerprint density at radius 1 is 1.09 bits per heavy atom. The summed E-state index contributed by atoms with van der Waals surface area (Å²) in [5.41, 5.74) is 3.06. The lowest BCUT2D eigenvalue weighted by atomic mass is 9.96. The molecule has 4 aromatic rings. The van der Waals surface area contributed by atoms with E-state index in [0.717, 1.165) is 25.6 Å². The first-order chi connectivity index (χ1) is 20.7. The maximum Gasteiger partial charge on any atom is 0.338 e. The van der Waals surface area contributed by atoms with Crippen LogP contribution in [0.2, 0.25) is 0 Å². The highest BCUT2D eigenvalue weighted by Gasteiger charge is 2.33. The van der Waals surface area contributed by atoms with E-state index in [1.54, 1.807) is 24.5 Å². The summed E-state index contributed by atoms with van der Waals surface area (Å²) in [7, 11) is 0. The molecule has 1 aliphatic heterocycles. The molecule has 0 bridgehead atoms. The van der Waals surface area contributed by atoms with E-state index >= 15 is 0 Å². The van der Waals surface area contributed by atoms with Gasteiger partial charge in [0.1, 0.15) is 18.1 Å². The molecule has 1 aliphatic rings. The monoisotopic (exact) mass is 724 g/mol. The molecular formula is C33H30Br2N2O5S. The van der Waals surface area contributed by atoms with Crippen molar-refractivity contribution in [1.82, 2.24) is 4.57 Å². The molecule has 1 atom stereocenters. The predicted molar refractivity (Wildman–Crippen MR) is 175 cm³/mol. The Hall–Kier alpha value is -3.47. The van der Waals surface area contributed by atoms with E-state index in [1.807, 2.05) is 80.6 Å². The number of aromatic nitrogens is 1. The Labute approximate surface area is 270 Å². The van der Waals surface area contributed by atoms with Crippen molar-refractivity contribution in [1.29, 1.82) is 0 Å². The summed E-state index contributed by atoms with van der Waals surface area (Å²) in [6.07, 6.45) is 1.82. The van der Waals surface area contributed by atoms with Crippen molar-refractivity contribution >= 4 is 55.2 Å². The third-order valence-electron chi connectivity index (χ3n) is 6.63. The van der Waals surface area contributed by atoms with Gasteiger partial charge in [0.05, 0.1) is 39.0 Å². The topological polar surface area (TPSA) is 79.1 Å². The molecule has 0 fully saturated rings. The number of nitrogens with zero attached hydrogens (tertiary/aromatic N) is 2. The smallest absolute Gasteiger partial charge is 0.338 e. The van der Waals surface area contributed by atoms with Crippen LogP contribution < -0.4 is 24.4 Å². The Morgan fingerprint density at radius 3 is 2.49 bits per heavy atom. The molecule has 0 saturated heterocycles. The second-order valence-corrected chi connectivity index (χ2v) is 12.9. The lowest BCUT2D eigenvalue weighted by Crippen LogP contribution is -2.39. The Balaban J connectivity index is 1.63. The fraction of sp³-hybridized carbons (Fsp3) is 0.242. The molecular weight excluding hydrogens is 696 g/mol. The molecule has 0 N–H and O–H groups in total. The molecule has 0 spiro atoms. The van der Waals surface area contributed by atoms with Gasteiger partial charge in [0, 0.05) is 10.0 Å². The molecule has 0 radical (unpaired) electrons. The predicted octanol–water partition coefficient (Wildman–Crippen LogP) is 6.69. The average Bonchev–Trinajstić information content (AvgIpc) is 3.26. The maximum atomic E-state index is 14.1. The van der Waals surface area contributed by atoms with Gasteiger partial charge in [0.25, 0.3) is 5.56 Å². The first-order valence-corrected chi connectivity index (χ1v) is 16.2. The highest BCUT2D eigenvalue weighted by molar-refractivity contribution is 9.11. The number of halogens is 2. The summed E-state index contributed by atoms with van der Waals surface area (Å²) in [5, 5.41) is 0. The summed E-state index contributed by atoms with van der Waals surface area (Å²) >= 11 is 8.46. The molecule has 10 heteroatoms. The number of allylic oxidation sites excluding steroid dienone is 1. The van der Waals surface area contributed by atoms with Gasteiger partial charge in [-0.15, -0.1) is 0 Å². The van der Waals surface area contributed by atoms with Crippen LogP contribution in [-0.4, -0.2) is 23.2 Å².